The number of nitrogens with zero attached hydrogens (tertiary/aromatic N) is 2. The van der Waals surface area contributed by atoms with Gasteiger partial charge in [-0.05, 0) is 24.8 Å². The van der Waals surface area contributed by atoms with E-state index >= 15 is 0 Å². The molecule has 2 unspecified atom stereocenters. The Kier molecular flexibility index (Phi) is 4.43. The Hall–Kier alpha value is -1.88. The van der Waals surface area contributed by atoms with E-state index in [-0.39, 0.29) is 18.0 Å². The first kappa shape index (κ1) is 15.0. The molecule has 0 spiro atoms. The summed E-state index contributed by atoms with van der Waals surface area (Å²) in [5.74, 6) is -0.0782. The standard InChI is InChI=1S/C17H23N3O2/c1-2-7-14-16(21)20(17(22)18-14)12-19-11-6-10-15(19)13-8-4-3-5-9-13/h3-5,8-9,14-15H,2,6-7,10-12H2,1H3,(H,18,22). The summed E-state index contributed by atoms with van der Waals surface area (Å²) in [6.07, 6.45) is 3.78. The van der Waals surface area contributed by atoms with Crippen molar-refractivity contribution in [2.75, 3.05) is 13.2 Å². The van der Waals surface area contributed by atoms with Gasteiger partial charge < -0.3 is 5.32 Å². The zero-order chi connectivity index (χ0) is 15.5. The number of nitrogens with one attached hydrogen (secondary N) is 1. The van der Waals surface area contributed by atoms with Crippen LogP contribution >= 0.6 is 0 Å². The lowest BCUT2D eigenvalue weighted by Crippen LogP contribution is -2.41. The lowest BCUT2D eigenvalue weighted by molar-refractivity contribution is -0.129. The summed E-state index contributed by atoms with van der Waals surface area (Å²) in [6.45, 7) is 3.34. The van der Waals surface area contributed by atoms with E-state index in [1.165, 1.54) is 10.5 Å². The second kappa shape index (κ2) is 6.48. The van der Waals surface area contributed by atoms with Gasteiger partial charge in [0, 0.05) is 12.6 Å². The highest BCUT2D eigenvalue weighted by Gasteiger charge is 2.39. The fraction of sp³-hybridized carbons (Fsp3) is 0.529. The summed E-state index contributed by atoms with van der Waals surface area (Å²) in [7, 11) is 0. The van der Waals surface area contributed by atoms with Gasteiger partial charge in [0.1, 0.15) is 6.04 Å². The van der Waals surface area contributed by atoms with Crippen molar-refractivity contribution in [3.8, 4) is 0 Å². The molecule has 2 atom stereocenters. The van der Waals surface area contributed by atoms with Crippen LogP contribution in [0, 0.1) is 0 Å². The Balaban J connectivity index is 1.70. The number of hydrogen-bond acceptors (Lipinski definition) is 3. The first-order valence-electron chi connectivity index (χ1n) is 8.11. The van der Waals surface area contributed by atoms with Crippen molar-refractivity contribution in [1.82, 2.24) is 15.1 Å². The van der Waals surface area contributed by atoms with Crippen molar-refractivity contribution < 1.29 is 9.59 Å². The number of imide groups is 1. The summed E-state index contributed by atoms with van der Waals surface area (Å²) < 4.78 is 0. The fourth-order valence-electron chi connectivity index (χ4n) is 3.42. The lowest BCUT2D eigenvalue weighted by Gasteiger charge is -2.28. The van der Waals surface area contributed by atoms with E-state index in [1.807, 2.05) is 25.1 Å². The van der Waals surface area contributed by atoms with Crippen LogP contribution in [0.4, 0.5) is 4.79 Å². The van der Waals surface area contributed by atoms with Crippen molar-refractivity contribution in [1.29, 1.82) is 0 Å². The molecule has 2 heterocycles. The topological polar surface area (TPSA) is 52.7 Å². The van der Waals surface area contributed by atoms with Gasteiger partial charge in [0.15, 0.2) is 0 Å². The maximum Gasteiger partial charge on any atom is 0.325 e. The molecule has 2 saturated heterocycles. The quantitative estimate of drug-likeness (QED) is 0.850. The Bertz CT molecular complexity index is 546. The third kappa shape index (κ3) is 2.86. The second-order valence-electron chi connectivity index (χ2n) is 6.08. The van der Waals surface area contributed by atoms with Crippen molar-refractivity contribution in [3.05, 3.63) is 35.9 Å². The molecule has 0 saturated carbocycles. The molecular weight excluding hydrogens is 278 g/mol. The number of hydrogen-bond donors (Lipinski definition) is 1. The van der Waals surface area contributed by atoms with E-state index in [2.05, 4.69) is 22.3 Å². The Morgan fingerprint density at radius 1 is 1.23 bits per heavy atom. The third-order valence-corrected chi connectivity index (χ3v) is 4.56. The lowest BCUT2D eigenvalue weighted by atomic mass is 10.1. The van der Waals surface area contributed by atoms with E-state index in [0.717, 1.165) is 25.8 Å². The zero-order valence-electron chi connectivity index (χ0n) is 13.0. The van der Waals surface area contributed by atoms with Gasteiger partial charge in [0.05, 0.1) is 6.67 Å². The normalized spacial score (nSPS) is 25.8. The molecule has 22 heavy (non-hydrogen) atoms. The molecule has 2 fully saturated rings. The summed E-state index contributed by atoms with van der Waals surface area (Å²) in [5, 5.41) is 2.79. The SMILES string of the molecule is CCCC1NC(=O)N(CN2CCCC2c2ccccc2)C1=O. The summed E-state index contributed by atoms with van der Waals surface area (Å²) in [4.78, 5) is 28.0. The zero-order valence-corrected chi connectivity index (χ0v) is 13.0. The van der Waals surface area contributed by atoms with Crippen LogP contribution in [0.5, 0.6) is 0 Å². The number of benzene rings is 1. The highest BCUT2D eigenvalue weighted by atomic mass is 16.2. The second-order valence-corrected chi connectivity index (χ2v) is 6.08. The first-order chi connectivity index (χ1) is 10.7. The minimum absolute atomic E-state index is 0.0782. The van der Waals surface area contributed by atoms with E-state index in [9.17, 15) is 9.59 Å². The number of rotatable bonds is 5. The maximum atomic E-state index is 12.4. The molecule has 0 aromatic heterocycles. The fourth-order valence-corrected chi connectivity index (χ4v) is 3.42. The highest BCUT2D eigenvalue weighted by Crippen LogP contribution is 2.32. The van der Waals surface area contributed by atoms with Crippen molar-refractivity contribution in [2.45, 2.75) is 44.7 Å². The summed E-state index contributed by atoms with van der Waals surface area (Å²) in [6, 6.07) is 10.0. The molecular formula is C17H23N3O2. The summed E-state index contributed by atoms with van der Waals surface area (Å²) in [5.41, 5.74) is 1.26. The van der Waals surface area contributed by atoms with Gasteiger partial charge in [0.2, 0.25) is 0 Å². The van der Waals surface area contributed by atoms with Crippen LogP contribution in [0.15, 0.2) is 30.3 Å². The molecule has 2 aliphatic rings. The molecule has 5 nitrogen and oxygen atoms in total. The number of amides is 3. The van der Waals surface area contributed by atoms with Gasteiger partial charge in [-0.25, -0.2) is 9.69 Å². The van der Waals surface area contributed by atoms with Crippen molar-refractivity contribution in [3.63, 3.8) is 0 Å². The van der Waals surface area contributed by atoms with Crippen LogP contribution < -0.4 is 5.32 Å². The maximum absolute atomic E-state index is 12.4. The predicted molar refractivity (Wildman–Crippen MR) is 84.1 cm³/mol. The summed E-state index contributed by atoms with van der Waals surface area (Å²) >= 11 is 0. The van der Waals surface area contributed by atoms with E-state index in [1.54, 1.807) is 0 Å². The number of urea groups is 1. The number of likely N-dealkylation sites (tertiary alicyclic amines) is 1. The Morgan fingerprint density at radius 2 is 2.00 bits per heavy atom. The largest absolute Gasteiger partial charge is 0.326 e. The van der Waals surface area contributed by atoms with Crippen molar-refractivity contribution in [2.24, 2.45) is 0 Å². The van der Waals surface area contributed by atoms with Gasteiger partial charge >= 0.3 is 6.03 Å². The number of carbonyl (C=O) groups is 2. The molecule has 118 valence electrons. The third-order valence-electron chi connectivity index (χ3n) is 4.56. The van der Waals surface area contributed by atoms with Gasteiger partial charge in [-0.2, -0.15) is 0 Å². The Morgan fingerprint density at radius 3 is 2.73 bits per heavy atom. The van der Waals surface area contributed by atoms with Gasteiger partial charge in [0.25, 0.3) is 5.91 Å². The molecule has 1 aromatic carbocycles. The highest BCUT2D eigenvalue weighted by molar-refractivity contribution is 6.04. The van der Waals surface area contributed by atoms with Gasteiger partial charge in [-0.3, -0.25) is 9.69 Å². The van der Waals surface area contributed by atoms with Gasteiger partial charge in [-0.15, -0.1) is 0 Å². The number of carbonyl (C=O) groups excluding carboxylic acids is 2. The van der Waals surface area contributed by atoms with Crippen LogP contribution in [-0.4, -0.2) is 41.0 Å². The van der Waals surface area contributed by atoms with Gasteiger partial charge in [-0.1, -0.05) is 43.7 Å². The smallest absolute Gasteiger partial charge is 0.325 e. The average Bonchev–Trinajstić information content (AvgIpc) is 3.09. The molecule has 0 aliphatic carbocycles. The molecule has 0 radical (unpaired) electrons. The molecule has 3 rings (SSSR count). The van der Waals surface area contributed by atoms with Crippen LogP contribution in [-0.2, 0) is 4.79 Å². The molecule has 2 aliphatic heterocycles. The molecule has 1 aromatic rings. The average molecular weight is 301 g/mol. The minimum Gasteiger partial charge on any atom is -0.326 e. The van der Waals surface area contributed by atoms with E-state index in [4.69, 9.17) is 0 Å². The first-order valence-corrected chi connectivity index (χ1v) is 8.11. The van der Waals surface area contributed by atoms with Crippen LogP contribution in [0.3, 0.4) is 0 Å². The van der Waals surface area contributed by atoms with Crippen LogP contribution in [0.25, 0.3) is 0 Å². The Labute approximate surface area is 131 Å². The monoisotopic (exact) mass is 301 g/mol. The van der Waals surface area contributed by atoms with Crippen molar-refractivity contribution >= 4 is 11.9 Å². The van der Waals surface area contributed by atoms with E-state index in [0.29, 0.717) is 19.1 Å². The van der Waals surface area contributed by atoms with Crippen LogP contribution in [0.1, 0.15) is 44.2 Å². The molecule has 1 N–H and O–H groups in total. The van der Waals surface area contributed by atoms with Crippen LogP contribution in [0.2, 0.25) is 0 Å². The molecule has 0 bridgehead atoms. The minimum atomic E-state index is -0.338. The molecule has 3 amide bonds. The van der Waals surface area contributed by atoms with E-state index < -0.39 is 0 Å². The molecule has 5 heteroatoms. The predicted octanol–water partition coefficient (Wildman–Crippen LogP) is 2.50.